The first-order valence-corrected chi connectivity index (χ1v) is 8.83. The van der Waals surface area contributed by atoms with Gasteiger partial charge in [-0.05, 0) is 55.8 Å². The Morgan fingerprint density at radius 1 is 1.12 bits per heavy atom. The van der Waals surface area contributed by atoms with Gasteiger partial charge >= 0.3 is 0 Å². The van der Waals surface area contributed by atoms with E-state index in [4.69, 9.17) is 9.47 Å². The maximum absolute atomic E-state index is 12.4. The van der Waals surface area contributed by atoms with Crippen LogP contribution in [0.1, 0.15) is 36.2 Å². The van der Waals surface area contributed by atoms with E-state index in [0.29, 0.717) is 25.4 Å². The minimum atomic E-state index is -0.155. The predicted molar refractivity (Wildman–Crippen MR) is 99.7 cm³/mol. The van der Waals surface area contributed by atoms with Crippen LogP contribution in [0.2, 0.25) is 0 Å². The molecule has 0 heterocycles. The smallest absolute Gasteiger partial charge is 0.255 e. The van der Waals surface area contributed by atoms with Crippen molar-refractivity contribution in [2.24, 2.45) is 0 Å². The molecule has 0 saturated heterocycles. The molecular formula is C19H22BrNO3. The summed E-state index contributed by atoms with van der Waals surface area (Å²) in [4.78, 5) is 12.4. The zero-order chi connectivity index (χ0) is 17.4. The predicted octanol–water partition coefficient (Wildman–Crippen LogP) is 5.03. The molecule has 0 aromatic heterocycles. The number of halogens is 1. The molecule has 0 fully saturated rings. The van der Waals surface area contributed by atoms with Gasteiger partial charge in [-0.3, -0.25) is 4.79 Å². The lowest BCUT2D eigenvalue weighted by Gasteiger charge is -2.13. The summed E-state index contributed by atoms with van der Waals surface area (Å²) in [5, 5.41) is 2.89. The van der Waals surface area contributed by atoms with Crippen molar-refractivity contribution in [1.82, 2.24) is 0 Å². The highest BCUT2D eigenvalue weighted by molar-refractivity contribution is 9.10. The van der Waals surface area contributed by atoms with E-state index in [-0.39, 0.29) is 5.91 Å². The number of benzene rings is 2. The highest BCUT2D eigenvalue weighted by Gasteiger charge is 2.11. The van der Waals surface area contributed by atoms with E-state index in [1.54, 1.807) is 6.07 Å². The van der Waals surface area contributed by atoms with Gasteiger partial charge < -0.3 is 14.8 Å². The molecule has 0 saturated carbocycles. The fraction of sp³-hybridized carbons (Fsp3) is 0.316. The van der Waals surface area contributed by atoms with Crippen molar-refractivity contribution < 1.29 is 14.3 Å². The van der Waals surface area contributed by atoms with E-state index in [1.165, 1.54) is 0 Å². The van der Waals surface area contributed by atoms with Crippen LogP contribution in [0, 0.1) is 0 Å². The summed E-state index contributed by atoms with van der Waals surface area (Å²) in [6.07, 6.45) is 0.952. The number of carbonyl (C=O) groups is 1. The number of hydrogen-bond donors (Lipinski definition) is 1. The Kier molecular flexibility index (Phi) is 7.28. The van der Waals surface area contributed by atoms with Gasteiger partial charge in [0.05, 0.1) is 13.2 Å². The Morgan fingerprint density at radius 2 is 1.88 bits per heavy atom. The fourth-order valence-corrected chi connectivity index (χ4v) is 2.46. The van der Waals surface area contributed by atoms with Gasteiger partial charge in [0.15, 0.2) is 0 Å². The maximum atomic E-state index is 12.4. The summed E-state index contributed by atoms with van der Waals surface area (Å²) >= 11 is 3.38. The first-order valence-electron chi connectivity index (χ1n) is 8.04. The van der Waals surface area contributed by atoms with Gasteiger partial charge in [0.25, 0.3) is 5.91 Å². The Bertz CT molecular complexity index is 671. The van der Waals surface area contributed by atoms with E-state index >= 15 is 0 Å². The zero-order valence-corrected chi connectivity index (χ0v) is 15.6. The molecule has 2 aromatic carbocycles. The number of rotatable bonds is 8. The molecule has 0 aliphatic rings. The van der Waals surface area contributed by atoms with Crippen LogP contribution in [-0.4, -0.2) is 19.1 Å². The Morgan fingerprint density at radius 3 is 2.54 bits per heavy atom. The lowest BCUT2D eigenvalue weighted by Crippen LogP contribution is -2.12. The van der Waals surface area contributed by atoms with Crippen molar-refractivity contribution in [2.45, 2.75) is 26.9 Å². The number of hydrogen-bond acceptors (Lipinski definition) is 3. The third-order valence-corrected chi connectivity index (χ3v) is 3.86. The second-order valence-corrected chi connectivity index (χ2v) is 6.18. The molecule has 4 nitrogen and oxygen atoms in total. The van der Waals surface area contributed by atoms with E-state index in [0.717, 1.165) is 27.9 Å². The van der Waals surface area contributed by atoms with Crippen LogP contribution in [0.5, 0.6) is 5.75 Å². The van der Waals surface area contributed by atoms with E-state index < -0.39 is 0 Å². The van der Waals surface area contributed by atoms with Crippen molar-refractivity contribution in [1.29, 1.82) is 0 Å². The molecule has 1 N–H and O–H groups in total. The molecule has 5 heteroatoms. The van der Waals surface area contributed by atoms with Crippen molar-refractivity contribution >= 4 is 27.5 Å². The van der Waals surface area contributed by atoms with Crippen molar-refractivity contribution in [3.63, 3.8) is 0 Å². The molecule has 0 aliphatic heterocycles. The molecule has 0 atom stereocenters. The zero-order valence-electron chi connectivity index (χ0n) is 14.0. The molecule has 1 amide bonds. The number of ether oxygens (including phenoxy) is 2. The molecule has 2 rings (SSSR count). The van der Waals surface area contributed by atoms with Crippen LogP contribution in [0.4, 0.5) is 5.69 Å². The van der Waals surface area contributed by atoms with Gasteiger partial charge in [-0.1, -0.05) is 22.9 Å². The molecule has 0 radical (unpaired) electrons. The standard InChI is InChI=1S/C19H22BrNO3/c1-3-11-23-13-15-12-14(5-10-18(15)24-4-2)19(22)21-17-8-6-16(20)7-9-17/h5-10,12H,3-4,11,13H2,1-2H3,(H,21,22). The van der Waals surface area contributed by atoms with Gasteiger partial charge in [0.2, 0.25) is 0 Å². The highest BCUT2D eigenvalue weighted by Crippen LogP contribution is 2.22. The largest absolute Gasteiger partial charge is 0.494 e. The third kappa shape index (κ3) is 5.35. The maximum Gasteiger partial charge on any atom is 0.255 e. The Hall–Kier alpha value is -1.85. The van der Waals surface area contributed by atoms with Gasteiger partial charge in [0, 0.05) is 27.9 Å². The number of anilines is 1. The highest BCUT2D eigenvalue weighted by atomic mass is 79.9. The SMILES string of the molecule is CCCOCc1cc(C(=O)Nc2ccc(Br)cc2)ccc1OCC. The van der Waals surface area contributed by atoms with Gasteiger partial charge in [-0.25, -0.2) is 0 Å². The van der Waals surface area contributed by atoms with Gasteiger partial charge in [0.1, 0.15) is 5.75 Å². The topological polar surface area (TPSA) is 47.6 Å². The summed E-state index contributed by atoms with van der Waals surface area (Å²) in [5.41, 5.74) is 2.21. The van der Waals surface area contributed by atoms with Crippen LogP contribution in [-0.2, 0) is 11.3 Å². The first kappa shape index (κ1) is 18.5. The summed E-state index contributed by atoms with van der Waals surface area (Å²) in [6.45, 7) is 5.69. The average Bonchev–Trinajstić information content (AvgIpc) is 2.58. The summed E-state index contributed by atoms with van der Waals surface area (Å²) in [6, 6.07) is 12.9. The van der Waals surface area contributed by atoms with E-state index in [1.807, 2.05) is 43.3 Å². The molecule has 0 bridgehead atoms. The Balaban J connectivity index is 2.14. The molecular weight excluding hydrogens is 370 g/mol. The summed E-state index contributed by atoms with van der Waals surface area (Å²) < 4.78 is 12.2. The second-order valence-electron chi connectivity index (χ2n) is 5.27. The van der Waals surface area contributed by atoms with Crippen molar-refractivity contribution in [3.8, 4) is 5.75 Å². The monoisotopic (exact) mass is 391 g/mol. The summed E-state index contributed by atoms with van der Waals surface area (Å²) in [7, 11) is 0. The molecule has 2 aromatic rings. The normalized spacial score (nSPS) is 10.5. The number of amides is 1. The van der Waals surface area contributed by atoms with Crippen LogP contribution in [0.3, 0.4) is 0 Å². The third-order valence-electron chi connectivity index (χ3n) is 3.33. The van der Waals surface area contributed by atoms with Crippen LogP contribution in [0.25, 0.3) is 0 Å². The van der Waals surface area contributed by atoms with Crippen LogP contribution >= 0.6 is 15.9 Å². The fourth-order valence-electron chi connectivity index (χ4n) is 2.19. The first-order chi connectivity index (χ1) is 11.6. The molecule has 0 aliphatic carbocycles. The van der Waals surface area contributed by atoms with Crippen molar-refractivity contribution in [2.75, 3.05) is 18.5 Å². The van der Waals surface area contributed by atoms with Crippen LogP contribution in [0.15, 0.2) is 46.9 Å². The Labute approximate surface area is 151 Å². The summed E-state index contributed by atoms with van der Waals surface area (Å²) in [5.74, 6) is 0.603. The number of carbonyl (C=O) groups excluding carboxylic acids is 1. The number of nitrogens with one attached hydrogen (secondary N) is 1. The van der Waals surface area contributed by atoms with E-state index in [2.05, 4.69) is 28.2 Å². The van der Waals surface area contributed by atoms with Gasteiger partial charge in [-0.2, -0.15) is 0 Å². The second kappa shape index (κ2) is 9.45. The minimum absolute atomic E-state index is 0.155. The lowest BCUT2D eigenvalue weighted by molar-refractivity contribution is 0.102. The average molecular weight is 392 g/mol. The molecule has 0 spiro atoms. The molecule has 128 valence electrons. The van der Waals surface area contributed by atoms with E-state index in [9.17, 15) is 4.79 Å². The van der Waals surface area contributed by atoms with Crippen molar-refractivity contribution in [3.05, 3.63) is 58.1 Å². The molecule has 0 unspecified atom stereocenters. The molecule has 24 heavy (non-hydrogen) atoms. The van der Waals surface area contributed by atoms with Gasteiger partial charge in [-0.15, -0.1) is 0 Å². The lowest BCUT2D eigenvalue weighted by atomic mass is 10.1. The quantitative estimate of drug-likeness (QED) is 0.642. The van der Waals surface area contributed by atoms with Crippen LogP contribution < -0.4 is 10.1 Å². The minimum Gasteiger partial charge on any atom is -0.494 e.